The van der Waals surface area contributed by atoms with E-state index in [-0.39, 0.29) is 5.56 Å². The third-order valence-electron chi connectivity index (χ3n) is 2.02. The van der Waals surface area contributed by atoms with Crippen LogP contribution in [0.25, 0.3) is 0 Å². The molecular weight excluding hydrogens is 286 g/mol. The number of hydrogen-bond acceptors (Lipinski definition) is 3. The molecule has 0 saturated heterocycles. The number of ether oxygens (including phenoxy) is 1. The Morgan fingerprint density at radius 2 is 1.88 bits per heavy atom. The number of aromatic nitrogens is 1. The molecule has 5 heteroatoms. The Morgan fingerprint density at radius 1 is 1.18 bits per heavy atom. The Kier molecular flexibility index (Phi) is 3.39. The topological polar surface area (TPSA) is 59.4 Å². The zero-order valence-corrected chi connectivity index (χ0v) is 10.2. The molecule has 4 nitrogen and oxygen atoms in total. The Labute approximate surface area is 106 Å². The molecule has 1 N–H and O–H groups in total. The number of pyridine rings is 1. The first-order chi connectivity index (χ1) is 8.15. The fraction of sp³-hybridized carbons (Fsp3) is 0. The first kappa shape index (κ1) is 11.6. The lowest BCUT2D eigenvalue weighted by Crippen LogP contribution is -1.95. The SMILES string of the molecule is O=C(O)c1ccc(Oc2ccc(Br)cn2)cc1. The molecule has 0 fully saturated rings. The van der Waals surface area contributed by atoms with Gasteiger partial charge < -0.3 is 9.84 Å². The summed E-state index contributed by atoms with van der Waals surface area (Å²) in [5, 5.41) is 8.74. The van der Waals surface area contributed by atoms with Crippen LogP contribution in [0.2, 0.25) is 0 Å². The maximum atomic E-state index is 10.6. The van der Waals surface area contributed by atoms with Crippen molar-refractivity contribution in [3.05, 3.63) is 52.6 Å². The van der Waals surface area contributed by atoms with Gasteiger partial charge in [0.25, 0.3) is 0 Å². The van der Waals surface area contributed by atoms with Gasteiger partial charge >= 0.3 is 5.97 Å². The fourth-order valence-electron chi connectivity index (χ4n) is 1.21. The molecule has 1 heterocycles. The summed E-state index contributed by atoms with van der Waals surface area (Å²) in [5.74, 6) is 0.0411. The lowest BCUT2D eigenvalue weighted by Gasteiger charge is -2.04. The van der Waals surface area contributed by atoms with Crippen molar-refractivity contribution in [2.75, 3.05) is 0 Å². The molecule has 0 spiro atoms. The van der Waals surface area contributed by atoms with E-state index >= 15 is 0 Å². The molecule has 0 radical (unpaired) electrons. The van der Waals surface area contributed by atoms with Crippen LogP contribution in [0.3, 0.4) is 0 Å². The molecule has 0 aliphatic carbocycles. The Bertz CT molecular complexity index is 522. The van der Waals surface area contributed by atoms with Gasteiger partial charge in [-0.2, -0.15) is 0 Å². The second kappa shape index (κ2) is 4.97. The highest BCUT2D eigenvalue weighted by Gasteiger charge is 2.03. The van der Waals surface area contributed by atoms with E-state index in [1.165, 1.54) is 12.1 Å². The van der Waals surface area contributed by atoms with Crippen molar-refractivity contribution >= 4 is 21.9 Å². The number of halogens is 1. The minimum absolute atomic E-state index is 0.223. The number of carbonyl (C=O) groups is 1. The molecule has 86 valence electrons. The van der Waals surface area contributed by atoms with E-state index < -0.39 is 5.97 Å². The summed E-state index contributed by atoms with van der Waals surface area (Å²) < 4.78 is 6.31. The molecule has 0 amide bonds. The highest BCUT2D eigenvalue weighted by atomic mass is 79.9. The van der Waals surface area contributed by atoms with Crippen LogP contribution in [0.4, 0.5) is 0 Å². The van der Waals surface area contributed by atoms with Crippen LogP contribution in [-0.4, -0.2) is 16.1 Å². The summed E-state index contributed by atoms with van der Waals surface area (Å²) in [6.45, 7) is 0. The number of nitrogens with zero attached hydrogens (tertiary/aromatic N) is 1. The molecule has 0 unspecified atom stereocenters. The standard InChI is InChI=1S/C12H8BrNO3/c13-9-3-6-11(14-7-9)17-10-4-1-8(2-5-10)12(15)16/h1-7H,(H,15,16). The summed E-state index contributed by atoms with van der Waals surface area (Å²) in [4.78, 5) is 14.7. The molecule has 17 heavy (non-hydrogen) atoms. The van der Waals surface area contributed by atoms with Gasteiger partial charge in [-0.05, 0) is 46.3 Å². The van der Waals surface area contributed by atoms with Crippen LogP contribution >= 0.6 is 15.9 Å². The summed E-state index contributed by atoms with van der Waals surface area (Å²) in [6, 6.07) is 9.68. The number of aromatic carboxylic acids is 1. The summed E-state index contributed by atoms with van der Waals surface area (Å²) in [5.41, 5.74) is 0.223. The van der Waals surface area contributed by atoms with E-state index in [1.54, 1.807) is 24.4 Å². The van der Waals surface area contributed by atoms with Crippen molar-refractivity contribution in [1.29, 1.82) is 0 Å². The minimum Gasteiger partial charge on any atom is -0.478 e. The largest absolute Gasteiger partial charge is 0.478 e. The van der Waals surface area contributed by atoms with Crippen molar-refractivity contribution in [2.45, 2.75) is 0 Å². The van der Waals surface area contributed by atoms with Crippen molar-refractivity contribution in [1.82, 2.24) is 4.98 Å². The van der Waals surface area contributed by atoms with Gasteiger partial charge in [0, 0.05) is 16.7 Å². The van der Waals surface area contributed by atoms with Gasteiger partial charge in [-0.3, -0.25) is 0 Å². The van der Waals surface area contributed by atoms with Crippen LogP contribution in [-0.2, 0) is 0 Å². The third kappa shape index (κ3) is 3.04. The van der Waals surface area contributed by atoms with E-state index in [2.05, 4.69) is 20.9 Å². The average Bonchev–Trinajstić information content (AvgIpc) is 2.33. The van der Waals surface area contributed by atoms with E-state index in [0.717, 1.165) is 4.47 Å². The average molecular weight is 294 g/mol. The number of hydrogen-bond donors (Lipinski definition) is 1. The fourth-order valence-corrected chi connectivity index (χ4v) is 1.44. The minimum atomic E-state index is -0.960. The predicted molar refractivity (Wildman–Crippen MR) is 65.4 cm³/mol. The highest BCUT2D eigenvalue weighted by Crippen LogP contribution is 2.20. The zero-order chi connectivity index (χ0) is 12.3. The Morgan fingerprint density at radius 3 is 2.41 bits per heavy atom. The second-order valence-electron chi connectivity index (χ2n) is 3.25. The summed E-state index contributed by atoms with van der Waals surface area (Å²) in [6.07, 6.45) is 1.63. The van der Waals surface area contributed by atoms with Crippen LogP contribution < -0.4 is 4.74 Å². The van der Waals surface area contributed by atoms with Crippen molar-refractivity contribution in [3.8, 4) is 11.6 Å². The maximum Gasteiger partial charge on any atom is 0.335 e. The van der Waals surface area contributed by atoms with Gasteiger partial charge in [0.1, 0.15) is 5.75 Å². The maximum absolute atomic E-state index is 10.6. The first-order valence-corrected chi connectivity index (χ1v) is 5.57. The van der Waals surface area contributed by atoms with Crippen molar-refractivity contribution < 1.29 is 14.6 Å². The molecule has 0 saturated carbocycles. The molecule has 0 atom stereocenters. The molecule has 1 aromatic carbocycles. The highest BCUT2D eigenvalue weighted by molar-refractivity contribution is 9.10. The number of carboxylic acids is 1. The van der Waals surface area contributed by atoms with Gasteiger partial charge in [0.05, 0.1) is 5.56 Å². The summed E-state index contributed by atoms with van der Waals surface area (Å²) >= 11 is 3.27. The van der Waals surface area contributed by atoms with Gasteiger partial charge in [0.15, 0.2) is 0 Å². The van der Waals surface area contributed by atoms with E-state index in [0.29, 0.717) is 11.6 Å². The smallest absolute Gasteiger partial charge is 0.335 e. The van der Waals surface area contributed by atoms with E-state index in [4.69, 9.17) is 9.84 Å². The summed E-state index contributed by atoms with van der Waals surface area (Å²) in [7, 11) is 0. The quantitative estimate of drug-likeness (QED) is 0.943. The van der Waals surface area contributed by atoms with E-state index in [9.17, 15) is 4.79 Å². The predicted octanol–water partition coefficient (Wildman–Crippen LogP) is 3.33. The lowest BCUT2D eigenvalue weighted by atomic mass is 10.2. The molecule has 0 aliphatic heterocycles. The lowest BCUT2D eigenvalue weighted by molar-refractivity contribution is 0.0697. The van der Waals surface area contributed by atoms with Crippen molar-refractivity contribution in [2.24, 2.45) is 0 Å². The monoisotopic (exact) mass is 293 g/mol. The van der Waals surface area contributed by atoms with Gasteiger partial charge in [-0.25, -0.2) is 9.78 Å². The second-order valence-corrected chi connectivity index (χ2v) is 4.16. The number of benzene rings is 1. The Hall–Kier alpha value is -1.88. The van der Waals surface area contributed by atoms with Gasteiger partial charge in [-0.15, -0.1) is 0 Å². The Balaban J connectivity index is 2.13. The van der Waals surface area contributed by atoms with Crippen LogP contribution in [0, 0.1) is 0 Å². The molecule has 1 aromatic heterocycles. The van der Waals surface area contributed by atoms with E-state index in [1.807, 2.05) is 6.07 Å². The van der Waals surface area contributed by atoms with Gasteiger partial charge in [-0.1, -0.05) is 0 Å². The normalized spacial score (nSPS) is 9.94. The van der Waals surface area contributed by atoms with Crippen LogP contribution in [0.15, 0.2) is 47.1 Å². The molecule has 0 aliphatic rings. The van der Waals surface area contributed by atoms with Crippen LogP contribution in [0.5, 0.6) is 11.6 Å². The van der Waals surface area contributed by atoms with Crippen molar-refractivity contribution in [3.63, 3.8) is 0 Å². The van der Waals surface area contributed by atoms with Gasteiger partial charge in [0.2, 0.25) is 5.88 Å². The zero-order valence-electron chi connectivity index (χ0n) is 8.63. The number of carboxylic acid groups (broad SMARTS) is 1. The van der Waals surface area contributed by atoms with Crippen LogP contribution in [0.1, 0.15) is 10.4 Å². The molecular formula is C12H8BrNO3. The first-order valence-electron chi connectivity index (χ1n) is 4.78. The number of rotatable bonds is 3. The molecule has 2 aromatic rings. The molecule has 0 bridgehead atoms. The third-order valence-corrected chi connectivity index (χ3v) is 2.49. The molecule has 2 rings (SSSR count).